The minimum atomic E-state index is -3.67. The number of ether oxygens (including phenoxy) is 1. The van der Waals surface area contributed by atoms with Crippen molar-refractivity contribution in [1.29, 1.82) is 0 Å². The van der Waals surface area contributed by atoms with E-state index in [0.717, 1.165) is 18.8 Å². The third kappa shape index (κ3) is 4.42. The van der Waals surface area contributed by atoms with E-state index in [9.17, 15) is 8.42 Å². The normalized spacial score (nSPS) is 14.8. The van der Waals surface area contributed by atoms with Gasteiger partial charge in [-0.2, -0.15) is 0 Å². The highest BCUT2D eigenvalue weighted by atomic mass is 32.2. The van der Waals surface area contributed by atoms with Crippen molar-refractivity contribution in [2.24, 2.45) is 0 Å². The van der Waals surface area contributed by atoms with Crippen LogP contribution in [0.25, 0.3) is 0 Å². The lowest BCUT2D eigenvalue weighted by Gasteiger charge is -2.17. The molecule has 0 amide bonds. The average Bonchev–Trinajstić information content (AvgIpc) is 3.09. The Hall–Kier alpha value is -2.28. The van der Waals surface area contributed by atoms with Gasteiger partial charge in [0, 0.05) is 13.1 Å². The number of hydrogen-bond acceptors (Lipinski definition) is 5. The van der Waals surface area contributed by atoms with Gasteiger partial charge in [-0.3, -0.25) is 4.72 Å². The summed E-state index contributed by atoms with van der Waals surface area (Å²) in [5, 5.41) is 0. The Morgan fingerprint density at radius 1 is 1.08 bits per heavy atom. The Balaban J connectivity index is 1.70. The van der Waals surface area contributed by atoms with Crippen LogP contribution in [0.15, 0.2) is 47.5 Å². The van der Waals surface area contributed by atoms with Gasteiger partial charge in [0.2, 0.25) is 0 Å². The molecule has 1 fully saturated rings. The molecule has 1 aromatic carbocycles. The lowest BCUT2D eigenvalue weighted by molar-refractivity contribution is 0.242. The molecule has 25 heavy (non-hydrogen) atoms. The predicted octanol–water partition coefficient (Wildman–Crippen LogP) is 3.27. The summed E-state index contributed by atoms with van der Waals surface area (Å²) in [6.07, 6.45) is 4.12. The predicted molar refractivity (Wildman–Crippen MR) is 98.7 cm³/mol. The molecular weight excluding hydrogens is 338 g/mol. The van der Waals surface area contributed by atoms with Crippen molar-refractivity contribution >= 4 is 21.5 Å². The Bertz CT molecular complexity index is 796. The number of hydrogen-bond donors (Lipinski definition) is 1. The van der Waals surface area contributed by atoms with E-state index in [1.165, 1.54) is 25.0 Å². The molecule has 7 heteroatoms. The van der Waals surface area contributed by atoms with E-state index in [1.54, 1.807) is 24.4 Å². The fraction of sp³-hybridized carbons (Fsp3) is 0.389. The third-order valence-corrected chi connectivity index (χ3v) is 5.33. The molecule has 0 aliphatic carbocycles. The molecule has 2 aromatic rings. The van der Waals surface area contributed by atoms with Crippen LogP contribution in [0.3, 0.4) is 0 Å². The van der Waals surface area contributed by atoms with Crippen LogP contribution in [0.4, 0.5) is 11.5 Å². The largest absolute Gasteiger partial charge is 0.491 e. The number of nitrogens with zero attached hydrogens (tertiary/aromatic N) is 2. The minimum Gasteiger partial charge on any atom is -0.491 e. The van der Waals surface area contributed by atoms with Gasteiger partial charge < -0.3 is 9.64 Å². The Morgan fingerprint density at radius 3 is 2.32 bits per heavy atom. The first-order valence-electron chi connectivity index (χ1n) is 8.44. The highest BCUT2D eigenvalue weighted by Gasteiger charge is 2.16. The molecule has 1 N–H and O–H groups in total. The Kier molecular flexibility index (Phi) is 5.13. The third-order valence-electron chi connectivity index (χ3n) is 3.96. The number of aromatic nitrogens is 1. The summed E-state index contributed by atoms with van der Waals surface area (Å²) in [7, 11) is -3.67. The van der Waals surface area contributed by atoms with Gasteiger partial charge in [-0.1, -0.05) is 0 Å². The number of nitrogens with one attached hydrogen (secondary N) is 1. The zero-order valence-electron chi connectivity index (χ0n) is 14.5. The molecular formula is C18H23N3O3S. The van der Waals surface area contributed by atoms with Crippen molar-refractivity contribution in [3.8, 4) is 5.75 Å². The molecule has 1 aromatic heterocycles. The van der Waals surface area contributed by atoms with E-state index in [2.05, 4.69) is 14.6 Å². The van der Waals surface area contributed by atoms with Crippen molar-refractivity contribution in [3.63, 3.8) is 0 Å². The average molecular weight is 361 g/mol. The van der Waals surface area contributed by atoms with Crippen LogP contribution in [0.2, 0.25) is 0 Å². The summed E-state index contributed by atoms with van der Waals surface area (Å²) >= 11 is 0. The van der Waals surface area contributed by atoms with Crippen LogP contribution in [0.1, 0.15) is 26.7 Å². The minimum absolute atomic E-state index is 0.0407. The fourth-order valence-electron chi connectivity index (χ4n) is 2.77. The number of pyridine rings is 1. The standard InChI is InChI=1S/C18H23N3O3S/c1-14(2)24-16-6-8-17(9-7-16)25(22,23)20-18-10-5-15(13-19-18)21-11-3-4-12-21/h5-10,13-14H,3-4,11-12H2,1-2H3,(H,19,20). The number of sulfonamides is 1. The lowest BCUT2D eigenvalue weighted by atomic mass is 10.3. The second kappa shape index (κ2) is 7.31. The van der Waals surface area contributed by atoms with E-state index >= 15 is 0 Å². The van der Waals surface area contributed by atoms with E-state index < -0.39 is 10.0 Å². The summed E-state index contributed by atoms with van der Waals surface area (Å²) < 4.78 is 33.0. The number of anilines is 2. The van der Waals surface area contributed by atoms with Gasteiger partial charge in [0.25, 0.3) is 10.0 Å². The smallest absolute Gasteiger partial charge is 0.263 e. The summed E-state index contributed by atoms with van der Waals surface area (Å²) in [5.74, 6) is 0.951. The quantitative estimate of drug-likeness (QED) is 0.855. The van der Waals surface area contributed by atoms with Crippen LogP contribution >= 0.6 is 0 Å². The SMILES string of the molecule is CC(C)Oc1ccc(S(=O)(=O)Nc2ccc(N3CCCC3)cn2)cc1. The van der Waals surface area contributed by atoms with Crippen molar-refractivity contribution in [2.75, 3.05) is 22.7 Å². The zero-order valence-corrected chi connectivity index (χ0v) is 15.3. The zero-order chi connectivity index (χ0) is 17.9. The molecule has 6 nitrogen and oxygen atoms in total. The van der Waals surface area contributed by atoms with Gasteiger partial charge in [-0.15, -0.1) is 0 Å². The van der Waals surface area contributed by atoms with Crippen molar-refractivity contribution in [1.82, 2.24) is 4.98 Å². The van der Waals surface area contributed by atoms with Crippen LogP contribution in [-0.2, 0) is 10.0 Å². The summed E-state index contributed by atoms with van der Waals surface area (Å²) in [6.45, 7) is 5.89. The molecule has 0 atom stereocenters. The van der Waals surface area contributed by atoms with Crippen LogP contribution in [-0.4, -0.2) is 32.6 Å². The van der Waals surface area contributed by atoms with Crippen molar-refractivity contribution < 1.29 is 13.2 Å². The van der Waals surface area contributed by atoms with Gasteiger partial charge in [0.05, 0.1) is 22.9 Å². The molecule has 0 bridgehead atoms. The van der Waals surface area contributed by atoms with E-state index in [0.29, 0.717) is 11.6 Å². The van der Waals surface area contributed by atoms with Crippen molar-refractivity contribution in [2.45, 2.75) is 37.7 Å². The Labute approximate surface area is 148 Å². The summed E-state index contributed by atoms with van der Waals surface area (Å²) in [4.78, 5) is 6.66. The molecule has 134 valence electrons. The molecule has 0 saturated carbocycles. The molecule has 0 spiro atoms. The molecule has 1 aliphatic heterocycles. The van der Waals surface area contributed by atoms with E-state index in [1.807, 2.05) is 19.9 Å². The van der Waals surface area contributed by atoms with Crippen molar-refractivity contribution in [3.05, 3.63) is 42.6 Å². The molecule has 1 saturated heterocycles. The van der Waals surface area contributed by atoms with E-state index in [4.69, 9.17) is 4.74 Å². The van der Waals surface area contributed by atoms with Gasteiger partial charge in [0.1, 0.15) is 11.6 Å². The van der Waals surface area contributed by atoms with Gasteiger partial charge in [-0.05, 0) is 63.1 Å². The van der Waals surface area contributed by atoms with Gasteiger partial charge >= 0.3 is 0 Å². The molecule has 0 radical (unpaired) electrons. The monoisotopic (exact) mass is 361 g/mol. The summed E-state index contributed by atoms with van der Waals surface area (Å²) in [5.41, 5.74) is 1.02. The maximum absolute atomic E-state index is 12.5. The topological polar surface area (TPSA) is 71.5 Å². The fourth-order valence-corrected chi connectivity index (χ4v) is 3.78. The van der Waals surface area contributed by atoms with Gasteiger partial charge in [-0.25, -0.2) is 13.4 Å². The van der Waals surface area contributed by atoms with Crippen LogP contribution in [0, 0.1) is 0 Å². The second-order valence-corrected chi connectivity index (χ2v) is 8.02. The molecule has 2 heterocycles. The Morgan fingerprint density at radius 2 is 1.76 bits per heavy atom. The maximum Gasteiger partial charge on any atom is 0.263 e. The number of rotatable bonds is 6. The lowest BCUT2D eigenvalue weighted by Crippen LogP contribution is -2.18. The molecule has 1 aliphatic rings. The van der Waals surface area contributed by atoms with Crippen LogP contribution in [0.5, 0.6) is 5.75 Å². The maximum atomic E-state index is 12.5. The molecule has 3 rings (SSSR count). The highest BCUT2D eigenvalue weighted by molar-refractivity contribution is 7.92. The van der Waals surface area contributed by atoms with Crippen LogP contribution < -0.4 is 14.4 Å². The van der Waals surface area contributed by atoms with Gasteiger partial charge in [0.15, 0.2) is 0 Å². The first kappa shape index (κ1) is 17.5. The first-order valence-corrected chi connectivity index (χ1v) is 9.93. The van der Waals surface area contributed by atoms with E-state index in [-0.39, 0.29) is 11.0 Å². The first-order chi connectivity index (χ1) is 11.9. The highest BCUT2D eigenvalue weighted by Crippen LogP contribution is 2.22. The molecule has 0 unspecified atom stereocenters. The second-order valence-electron chi connectivity index (χ2n) is 6.34. The summed E-state index contributed by atoms with van der Waals surface area (Å²) in [6, 6.07) is 9.95. The number of benzene rings is 1.